The summed E-state index contributed by atoms with van der Waals surface area (Å²) in [4.78, 5) is 58.6. The molecule has 2 aliphatic rings. The normalized spacial score (nSPS) is 34.9. The highest BCUT2D eigenvalue weighted by Gasteiger charge is 2.55. The molecule has 16 nitrogen and oxygen atoms in total. The lowest BCUT2D eigenvalue weighted by atomic mass is 9.96. The van der Waals surface area contributed by atoms with Gasteiger partial charge in [0.05, 0.1) is 0 Å². The molecule has 2 rings (SSSR count). The zero-order valence-corrected chi connectivity index (χ0v) is 21.5. The molecule has 0 aliphatic carbocycles. The lowest BCUT2D eigenvalue weighted by Crippen LogP contribution is -2.67. The quantitative estimate of drug-likeness (QED) is 0.197. The summed E-state index contributed by atoms with van der Waals surface area (Å²) < 4.78 is 42.9. The molecule has 0 aromatic carbocycles. The number of hydrogen-bond acceptors (Lipinski definition) is 16. The third-order valence-electron chi connectivity index (χ3n) is 5.41. The van der Waals surface area contributed by atoms with Gasteiger partial charge in [-0.25, -0.2) is 0 Å². The van der Waals surface area contributed by atoms with Gasteiger partial charge in [-0.05, 0) is 0 Å². The first-order chi connectivity index (χ1) is 17.7. The Balaban J connectivity index is 2.51. The van der Waals surface area contributed by atoms with Crippen molar-refractivity contribution in [2.24, 2.45) is 5.73 Å². The first kappa shape index (κ1) is 31.3. The fourth-order valence-corrected chi connectivity index (χ4v) is 4.03. The highest BCUT2D eigenvalue weighted by atomic mass is 16.8. The number of nitrogens with two attached hydrogens (primary N) is 1. The van der Waals surface area contributed by atoms with E-state index in [4.69, 9.17) is 43.6 Å². The van der Waals surface area contributed by atoms with Crippen molar-refractivity contribution >= 4 is 29.8 Å². The second-order valence-corrected chi connectivity index (χ2v) is 8.53. The Bertz CT molecular complexity index is 881. The van der Waals surface area contributed by atoms with Gasteiger partial charge in [0.1, 0.15) is 31.0 Å². The zero-order valence-electron chi connectivity index (χ0n) is 21.5. The summed E-state index contributed by atoms with van der Waals surface area (Å²) in [6.45, 7) is 4.50. The molecule has 0 aromatic rings. The fraction of sp³-hybridized carbons (Fsp3) is 0.773. The molecule has 2 aliphatic heterocycles. The Hall–Kier alpha value is -2.89. The van der Waals surface area contributed by atoms with E-state index in [0.29, 0.717) is 0 Å². The van der Waals surface area contributed by atoms with Crippen LogP contribution in [0.3, 0.4) is 0 Å². The Kier molecular flexibility index (Phi) is 11.4. The molecule has 216 valence electrons. The van der Waals surface area contributed by atoms with Gasteiger partial charge < -0.3 is 53.8 Å². The number of carbonyl (C=O) groups is 5. The molecular weight excluding hydrogens is 518 g/mol. The minimum atomic E-state index is -1.76. The first-order valence-electron chi connectivity index (χ1n) is 11.6. The van der Waals surface area contributed by atoms with Crippen LogP contribution in [0, 0.1) is 0 Å². The molecule has 0 amide bonds. The molecule has 0 saturated carbocycles. The maximum Gasteiger partial charge on any atom is 0.303 e. The van der Waals surface area contributed by atoms with Crippen molar-refractivity contribution in [3.05, 3.63) is 0 Å². The predicted octanol–water partition coefficient (Wildman–Crippen LogP) is -2.58. The van der Waals surface area contributed by atoms with Gasteiger partial charge >= 0.3 is 29.8 Å². The van der Waals surface area contributed by atoms with Crippen molar-refractivity contribution in [2.45, 2.75) is 96.0 Å². The first-order valence-corrected chi connectivity index (χ1v) is 11.6. The zero-order chi connectivity index (χ0) is 28.7. The number of aliphatic hydroxyl groups is 2. The number of carbonyl (C=O) groups excluding carboxylic acids is 5. The van der Waals surface area contributed by atoms with Crippen LogP contribution in [0.2, 0.25) is 0 Å². The molecule has 2 saturated heterocycles. The van der Waals surface area contributed by atoms with E-state index < -0.39 is 97.9 Å². The molecule has 0 bridgehead atoms. The van der Waals surface area contributed by atoms with Crippen molar-refractivity contribution in [1.82, 2.24) is 0 Å². The maximum absolute atomic E-state index is 11.9. The molecule has 4 unspecified atom stereocenters. The summed E-state index contributed by atoms with van der Waals surface area (Å²) in [6.07, 6.45) is -15.2. The van der Waals surface area contributed by atoms with Gasteiger partial charge in [0.25, 0.3) is 0 Å². The van der Waals surface area contributed by atoms with Crippen molar-refractivity contribution in [3.63, 3.8) is 0 Å². The molecule has 0 radical (unpaired) electrons. The van der Waals surface area contributed by atoms with Crippen LogP contribution >= 0.6 is 0 Å². The van der Waals surface area contributed by atoms with Crippen LogP contribution in [-0.2, 0) is 61.9 Å². The summed E-state index contributed by atoms with van der Waals surface area (Å²) in [6, 6.07) is 0. The van der Waals surface area contributed by atoms with Crippen LogP contribution in [0.15, 0.2) is 0 Å². The molecule has 16 heteroatoms. The van der Waals surface area contributed by atoms with E-state index in [0.717, 1.165) is 34.6 Å². The topological polar surface area (TPSA) is 226 Å². The van der Waals surface area contributed by atoms with Gasteiger partial charge in [-0.3, -0.25) is 24.0 Å². The van der Waals surface area contributed by atoms with Crippen LogP contribution in [0.4, 0.5) is 0 Å². The average molecular weight is 551 g/mol. The third kappa shape index (κ3) is 8.31. The molecule has 2 fully saturated rings. The van der Waals surface area contributed by atoms with Crippen LogP contribution in [-0.4, -0.2) is 115 Å². The highest BCUT2D eigenvalue weighted by Crippen LogP contribution is 2.33. The van der Waals surface area contributed by atoms with Crippen LogP contribution in [0.25, 0.3) is 0 Å². The van der Waals surface area contributed by atoms with Crippen LogP contribution in [0.5, 0.6) is 0 Å². The fourth-order valence-electron chi connectivity index (χ4n) is 4.03. The summed E-state index contributed by atoms with van der Waals surface area (Å²) >= 11 is 0. The smallest absolute Gasteiger partial charge is 0.303 e. The Morgan fingerprint density at radius 2 is 1.16 bits per heavy atom. The van der Waals surface area contributed by atoms with Crippen LogP contribution < -0.4 is 5.73 Å². The highest BCUT2D eigenvalue weighted by molar-refractivity contribution is 5.68. The van der Waals surface area contributed by atoms with E-state index in [1.54, 1.807) is 0 Å². The molecule has 2 heterocycles. The van der Waals surface area contributed by atoms with E-state index in [-0.39, 0.29) is 6.54 Å². The lowest BCUT2D eigenvalue weighted by Gasteiger charge is -2.47. The van der Waals surface area contributed by atoms with Crippen molar-refractivity contribution in [3.8, 4) is 0 Å². The van der Waals surface area contributed by atoms with Gasteiger partial charge in [0.15, 0.2) is 37.0 Å². The van der Waals surface area contributed by atoms with Gasteiger partial charge in [0, 0.05) is 41.2 Å². The van der Waals surface area contributed by atoms with E-state index >= 15 is 0 Å². The van der Waals surface area contributed by atoms with Gasteiger partial charge in [0.2, 0.25) is 0 Å². The van der Waals surface area contributed by atoms with E-state index in [1.807, 2.05) is 0 Å². The minimum Gasteiger partial charge on any atom is -0.463 e. The largest absolute Gasteiger partial charge is 0.463 e. The maximum atomic E-state index is 11.9. The second kappa shape index (κ2) is 13.8. The molecule has 38 heavy (non-hydrogen) atoms. The Labute approximate surface area is 217 Å². The lowest BCUT2D eigenvalue weighted by molar-refractivity contribution is -0.354. The van der Waals surface area contributed by atoms with E-state index in [1.165, 1.54) is 0 Å². The predicted molar refractivity (Wildman–Crippen MR) is 118 cm³/mol. The molecule has 4 N–H and O–H groups in total. The van der Waals surface area contributed by atoms with Crippen molar-refractivity contribution in [1.29, 1.82) is 0 Å². The Morgan fingerprint density at radius 3 is 1.66 bits per heavy atom. The third-order valence-corrected chi connectivity index (χ3v) is 5.41. The summed E-state index contributed by atoms with van der Waals surface area (Å²) in [7, 11) is 0. The van der Waals surface area contributed by atoms with Gasteiger partial charge in [-0.2, -0.15) is 0 Å². The number of aliphatic hydroxyl groups excluding tert-OH is 2. The minimum absolute atomic E-state index is 0.301. The van der Waals surface area contributed by atoms with Crippen molar-refractivity contribution < 1.29 is 72.1 Å². The van der Waals surface area contributed by atoms with E-state index in [9.17, 15) is 34.2 Å². The molecule has 0 spiro atoms. The number of rotatable bonds is 9. The monoisotopic (exact) mass is 551 g/mol. The number of hydrogen-bond donors (Lipinski definition) is 3. The van der Waals surface area contributed by atoms with E-state index in [2.05, 4.69) is 0 Å². The molecule has 0 aromatic heterocycles. The molecular formula is C22H33NO15. The summed E-state index contributed by atoms with van der Waals surface area (Å²) in [5.41, 5.74) is 5.78. The van der Waals surface area contributed by atoms with Gasteiger partial charge in [-0.15, -0.1) is 0 Å². The summed E-state index contributed by atoms with van der Waals surface area (Å²) in [5.74, 6) is -4.11. The van der Waals surface area contributed by atoms with Crippen LogP contribution in [0.1, 0.15) is 34.6 Å². The number of ether oxygens (including phenoxy) is 8. The molecule has 10 atom stereocenters. The summed E-state index contributed by atoms with van der Waals surface area (Å²) in [5, 5.41) is 21.2. The standard InChI is InChI=1S/C22H33NO15/c1-8(24)31-7-14-15(29)17(32-9(2)25)20(35-12(5)28)22(37-14)38-16-13(6-23)36-21(30)19(34-11(4)27)18(16)33-10(3)26/h13-22,29-30H,6-7,23H2,1-5H3/t13?,14?,15-,16-,17+,18+,19?,20?,21+,22+/m1/s1. The Morgan fingerprint density at radius 1 is 0.658 bits per heavy atom. The SMILES string of the molecule is CC(=O)OCC1O[C@@H](O[C@@H]2C(CN)O[C@H](O)C(OC(C)=O)[C@H]2OC(C)=O)C(OC(C)=O)[C@@H](OC(C)=O)[C@@H]1O. The number of esters is 5. The van der Waals surface area contributed by atoms with Crippen molar-refractivity contribution in [2.75, 3.05) is 13.2 Å². The average Bonchev–Trinajstić information content (AvgIpc) is 2.79. The van der Waals surface area contributed by atoms with Gasteiger partial charge in [-0.1, -0.05) is 0 Å². The second-order valence-electron chi connectivity index (χ2n) is 8.53.